The summed E-state index contributed by atoms with van der Waals surface area (Å²) in [6, 6.07) is 13.5. The molecule has 0 aromatic heterocycles. The quantitative estimate of drug-likeness (QED) is 0.531. The predicted octanol–water partition coefficient (Wildman–Crippen LogP) is 4.50. The summed E-state index contributed by atoms with van der Waals surface area (Å²) in [7, 11) is 1.55. The second-order valence-corrected chi connectivity index (χ2v) is 7.01. The SMILES string of the molecule is COc1cc(Br)ccc1OCC(=O)N/N=C(/C)c1ccc(C(C)C)cc1. The Hall–Kier alpha value is -2.34. The number of hydrogen-bond acceptors (Lipinski definition) is 4. The minimum absolute atomic E-state index is 0.152. The van der Waals surface area contributed by atoms with E-state index in [4.69, 9.17) is 9.47 Å². The number of nitrogens with one attached hydrogen (secondary N) is 1. The van der Waals surface area contributed by atoms with Crippen LogP contribution < -0.4 is 14.9 Å². The number of halogens is 1. The van der Waals surface area contributed by atoms with Crippen molar-refractivity contribution in [1.82, 2.24) is 5.43 Å². The van der Waals surface area contributed by atoms with Crippen LogP contribution in [0.1, 0.15) is 37.8 Å². The Labute approximate surface area is 162 Å². The molecule has 1 N–H and O–H groups in total. The first-order valence-corrected chi connectivity index (χ1v) is 9.09. The van der Waals surface area contributed by atoms with Crippen LogP contribution in [0.4, 0.5) is 0 Å². The van der Waals surface area contributed by atoms with Gasteiger partial charge in [-0.25, -0.2) is 5.43 Å². The number of nitrogens with zero attached hydrogens (tertiary/aromatic N) is 1. The molecule has 0 saturated carbocycles. The summed E-state index contributed by atoms with van der Waals surface area (Å²) in [5.74, 6) is 1.19. The van der Waals surface area contributed by atoms with Gasteiger partial charge in [0.25, 0.3) is 5.91 Å². The zero-order valence-electron chi connectivity index (χ0n) is 15.4. The molecule has 0 bridgehead atoms. The van der Waals surface area contributed by atoms with Gasteiger partial charge in [0.05, 0.1) is 12.8 Å². The van der Waals surface area contributed by atoms with Crippen molar-refractivity contribution in [2.75, 3.05) is 13.7 Å². The molecule has 2 aromatic carbocycles. The monoisotopic (exact) mass is 418 g/mol. The van der Waals surface area contributed by atoms with Gasteiger partial charge in [0.15, 0.2) is 18.1 Å². The molecule has 138 valence electrons. The molecular weight excluding hydrogens is 396 g/mol. The zero-order chi connectivity index (χ0) is 19.1. The van der Waals surface area contributed by atoms with Crippen molar-refractivity contribution in [1.29, 1.82) is 0 Å². The fourth-order valence-corrected chi connectivity index (χ4v) is 2.60. The fraction of sp³-hybridized carbons (Fsp3) is 0.300. The molecule has 0 aliphatic heterocycles. The van der Waals surface area contributed by atoms with Crippen LogP contribution in [0.3, 0.4) is 0 Å². The number of carbonyl (C=O) groups excluding carboxylic acids is 1. The Kier molecular flexibility index (Phi) is 7.21. The van der Waals surface area contributed by atoms with Gasteiger partial charge in [0.2, 0.25) is 0 Å². The van der Waals surface area contributed by atoms with Gasteiger partial charge in [-0.1, -0.05) is 54.0 Å². The van der Waals surface area contributed by atoms with E-state index in [1.807, 2.05) is 25.1 Å². The Balaban J connectivity index is 1.92. The van der Waals surface area contributed by atoms with Crippen LogP contribution in [-0.2, 0) is 4.79 Å². The normalized spacial score (nSPS) is 11.4. The van der Waals surface area contributed by atoms with E-state index in [-0.39, 0.29) is 12.5 Å². The maximum absolute atomic E-state index is 12.0. The lowest BCUT2D eigenvalue weighted by Crippen LogP contribution is -2.25. The van der Waals surface area contributed by atoms with Gasteiger partial charge in [0.1, 0.15) is 0 Å². The molecule has 0 radical (unpaired) electrons. The van der Waals surface area contributed by atoms with Crippen LogP contribution in [0.2, 0.25) is 0 Å². The molecule has 0 aliphatic rings. The second kappa shape index (κ2) is 9.38. The maximum atomic E-state index is 12.0. The van der Waals surface area contributed by atoms with E-state index in [1.165, 1.54) is 5.56 Å². The molecule has 0 unspecified atom stereocenters. The number of amides is 1. The van der Waals surface area contributed by atoms with Gasteiger partial charge in [-0.3, -0.25) is 4.79 Å². The van der Waals surface area contributed by atoms with Crippen LogP contribution in [0.15, 0.2) is 52.0 Å². The third-order valence-corrected chi connectivity index (χ3v) is 4.32. The van der Waals surface area contributed by atoms with Crippen molar-refractivity contribution in [2.45, 2.75) is 26.7 Å². The molecule has 0 spiro atoms. The highest BCUT2D eigenvalue weighted by Gasteiger charge is 2.08. The third kappa shape index (κ3) is 5.59. The molecule has 0 heterocycles. The molecule has 2 aromatic rings. The van der Waals surface area contributed by atoms with Gasteiger partial charge >= 0.3 is 0 Å². The number of rotatable bonds is 7. The topological polar surface area (TPSA) is 59.9 Å². The molecular formula is C20H23BrN2O3. The molecule has 1 amide bonds. The highest BCUT2D eigenvalue weighted by Crippen LogP contribution is 2.30. The second-order valence-electron chi connectivity index (χ2n) is 6.09. The van der Waals surface area contributed by atoms with Crippen molar-refractivity contribution >= 4 is 27.5 Å². The molecule has 26 heavy (non-hydrogen) atoms. The van der Waals surface area contributed by atoms with Crippen molar-refractivity contribution in [3.8, 4) is 11.5 Å². The minimum Gasteiger partial charge on any atom is -0.493 e. The van der Waals surface area contributed by atoms with E-state index >= 15 is 0 Å². The number of methoxy groups -OCH3 is 1. The average molecular weight is 419 g/mol. The molecule has 0 saturated heterocycles. The molecule has 0 fully saturated rings. The standard InChI is InChI=1S/C20H23BrN2O3/c1-13(2)15-5-7-16(8-6-15)14(3)22-23-20(24)12-26-18-10-9-17(21)11-19(18)25-4/h5-11,13H,12H2,1-4H3,(H,23,24)/b22-14-. The van der Waals surface area contributed by atoms with E-state index in [1.54, 1.807) is 19.2 Å². The lowest BCUT2D eigenvalue weighted by Gasteiger charge is -2.10. The zero-order valence-corrected chi connectivity index (χ0v) is 17.0. The number of hydrogen-bond donors (Lipinski definition) is 1. The summed E-state index contributed by atoms with van der Waals surface area (Å²) in [6.45, 7) is 6.00. The number of carbonyl (C=O) groups is 1. The smallest absolute Gasteiger partial charge is 0.277 e. The number of hydrazone groups is 1. The molecule has 5 nitrogen and oxygen atoms in total. The fourth-order valence-electron chi connectivity index (χ4n) is 2.26. The van der Waals surface area contributed by atoms with Crippen LogP contribution in [-0.4, -0.2) is 25.3 Å². The van der Waals surface area contributed by atoms with E-state index in [0.29, 0.717) is 17.4 Å². The van der Waals surface area contributed by atoms with Gasteiger partial charge in [-0.15, -0.1) is 0 Å². The molecule has 2 rings (SSSR count). The lowest BCUT2D eigenvalue weighted by molar-refractivity contribution is -0.123. The highest BCUT2D eigenvalue weighted by molar-refractivity contribution is 9.10. The van der Waals surface area contributed by atoms with Crippen LogP contribution in [0, 0.1) is 0 Å². The first-order chi connectivity index (χ1) is 12.4. The van der Waals surface area contributed by atoms with Gasteiger partial charge in [0, 0.05) is 4.47 Å². The summed E-state index contributed by atoms with van der Waals surface area (Å²) in [6.07, 6.45) is 0. The van der Waals surface area contributed by atoms with Crippen molar-refractivity contribution < 1.29 is 14.3 Å². The van der Waals surface area contributed by atoms with E-state index in [9.17, 15) is 4.79 Å². The number of benzene rings is 2. The maximum Gasteiger partial charge on any atom is 0.277 e. The summed E-state index contributed by atoms with van der Waals surface area (Å²) in [4.78, 5) is 12.0. The van der Waals surface area contributed by atoms with Crippen molar-refractivity contribution in [2.24, 2.45) is 5.10 Å². The Bertz CT molecular complexity index is 786. The van der Waals surface area contributed by atoms with E-state index in [0.717, 1.165) is 15.7 Å². The van der Waals surface area contributed by atoms with Crippen molar-refractivity contribution in [3.63, 3.8) is 0 Å². The van der Waals surface area contributed by atoms with Gasteiger partial charge in [-0.05, 0) is 42.2 Å². The van der Waals surface area contributed by atoms with E-state index < -0.39 is 0 Å². The largest absolute Gasteiger partial charge is 0.493 e. The summed E-state index contributed by atoms with van der Waals surface area (Å²) < 4.78 is 11.6. The molecule has 0 atom stereocenters. The lowest BCUT2D eigenvalue weighted by atomic mass is 10.0. The summed E-state index contributed by atoms with van der Waals surface area (Å²) >= 11 is 3.36. The number of ether oxygens (including phenoxy) is 2. The Morgan fingerprint density at radius 2 is 1.85 bits per heavy atom. The first kappa shape index (κ1) is 20.0. The van der Waals surface area contributed by atoms with Gasteiger partial charge < -0.3 is 9.47 Å². The Morgan fingerprint density at radius 3 is 2.46 bits per heavy atom. The summed E-state index contributed by atoms with van der Waals surface area (Å²) in [5, 5.41) is 4.14. The Morgan fingerprint density at radius 1 is 1.15 bits per heavy atom. The van der Waals surface area contributed by atoms with Crippen molar-refractivity contribution in [3.05, 3.63) is 58.1 Å². The first-order valence-electron chi connectivity index (χ1n) is 8.30. The minimum atomic E-state index is -0.340. The molecule has 0 aliphatic carbocycles. The van der Waals surface area contributed by atoms with Gasteiger partial charge in [-0.2, -0.15) is 5.10 Å². The molecule has 6 heteroatoms. The van der Waals surface area contributed by atoms with E-state index in [2.05, 4.69) is 52.4 Å². The summed E-state index contributed by atoms with van der Waals surface area (Å²) in [5.41, 5.74) is 5.47. The predicted molar refractivity (Wildman–Crippen MR) is 107 cm³/mol. The third-order valence-electron chi connectivity index (χ3n) is 3.83. The average Bonchev–Trinajstić information content (AvgIpc) is 2.64. The van der Waals surface area contributed by atoms with Crippen LogP contribution >= 0.6 is 15.9 Å². The van der Waals surface area contributed by atoms with Crippen LogP contribution in [0.5, 0.6) is 11.5 Å². The van der Waals surface area contributed by atoms with Crippen LogP contribution in [0.25, 0.3) is 0 Å². The highest BCUT2D eigenvalue weighted by atomic mass is 79.9.